The molecule has 1 aromatic rings. The second kappa shape index (κ2) is 8.05. The van der Waals surface area contributed by atoms with Gasteiger partial charge in [-0.2, -0.15) is 0 Å². The molecule has 21 heavy (non-hydrogen) atoms. The van der Waals surface area contributed by atoms with Gasteiger partial charge in [-0.25, -0.2) is 4.39 Å². The lowest BCUT2D eigenvalue weighted by atomic mass is 10.1. The van der Waals surface area contributed by atoms with Crippen molar-refractivity contribution in [1.82, 2.24) is 9.80 Å². The molecule has 0 saturated heterocycles. The number of likely N-dealkylation sites (N-methyl/N-ethyl adjacent to an activating group) is 2. The molecule has 0 radical (unpaired) electrons. The molecule has 0 aliphatic rings. The first-order chi connectivity index (χ1) is 9.88. The van der Waals surface area contributed by atoms with Gasteiger partial charge in [-0.3, -0.25) is 9.69 Å². The van der Waals surface area contributed by atoms with Crippen molar-refractivity contribution in [3.8, 4) is 0 Å². The average molecular weight is 311 g/mol. The van der Waals surface area contributed by atoms with Crippen LogP contribution in [0, 0.1) is 5.82 Å². The van der Waals surface area contributed by atoms with Crippen molar-refractivity contribution in [2.45, 2.75) is 20.4 Å². The fourth-order valence-electron chi connectivity index (χ4n) is 2.10. The Kier molecular flexibility index (Phi) is 6.71. The summed E-state index contributed by atoms with van der Waals surface area (Å²) in [5.41, 5.74) is 6.67. The lowest BCUT2D eigenvalue weighted by Gasteiger charge is -2.23. The molecule has 0 saturated carbocycles. The van der Waals surface area contributed by atoms with E-state index >= 15 is 0 Å². The van der Waals surface area contributed by atoms with Gasteiger partial charge in [0.2, 0.25) is 5.91 Å². The fourth-order valence-corrected chi connectivity index (χ4v) is 2.23. The van der Waals surface area contributed by atoms with Gasteiger partial charge in [-0.15, -0.1) is 0 Å². The molecule has 0 heterocycles. The second-order valence-corrected chi connectivity index (χ2v) is 5.35. The van der Waals surface area contributed by atoms with E-state index < -0.39 is 0 Å². The average Bonchev–Trinajstić information content (AvgIpc) is 2.42. The van der Waals surface area contributed by atoms with Gasteiger partial charge in [0.25, 0.3) is 0 Å². The standard InChI is InChI=1S/C15H22FN3OS/c1-4-19(5-2)14(20)10-18(3)9-12-8-11(15(17)21)6-7-13(12)16/h6-8H,4-5,9-10H2,1-3H3,(H2,17,21). The van der Waals surface area contributed by atoms with Crippen LogP contribution in [0.25, 0.3) is 0 Å². The Morgan fingerprint density at radius 3 is 2.48 bits per heavy atom. The molecule has 0 bridgehead atoms. The summed E-state index contributed by atoms with van der Waals surface area (Å²) in [6.45, 7) is 5.80. The number of hydrogen-bond donors (Lipinski definition) is 1. The highest BCUT2D eigenvalue weighted by Gasteiger charge is 2.14. The largest absolute Gasteiger partial charge is 0.389 e. The Morgan fingerprint density at radius 1 is 1.33 bits per heavy atom. The van der Waals surface area contributed by atoms with Crippen molar-refractivity contribution in [2.75, 3.05) is 26.7 Å². The molecular weight excluding hydrogens is 289 g/mol. The number of halogens is 1. The number of amides is 1. The van der Waals surface area contributed by atoms with Gasteiger partial charge in [0.15, 0.2) is 0 Å². The van der Waals surface area contributed by atoms with Gasteiger partial charge in [-0.1, -0.05) is 12.2 Å². The Bertz CT molecular complexity index is 518. The van der Waals surface area contributed by atoms with E-state index in [4.69, 9.17) is 18.0 Å². The number of thiocarbonyl (C=S) groups is 1. The summed E-state index contributed by atoms with van der Waals surface area (Å²) in [7, 11) is 1.79. The summed E-state index contributed by atoms with van der Waals surface area (Å²) in [5.74, 6) is -0.287. The topological polar surface area (TPSA) is 49.6 Å². The zero-order valence-electron chi connectivity index (χ0n) is 12.7. The van der Waals surface area contributed by atoms with Gasteiger partial charge in [-0.05, 0) is 39.1 Å². The van der Waals surface area contributed by atoms with Crippen LogP contribution in [0.2, 0.25) is 0 Å². The molecule has 116 valence electrons. The maximum atomic E-state index is 13.8. The molecule has 0 atom stereocenters. The van der Waals surface area contributed by atoms with Gasteiger partial charge in [0.1, 0.15) is 10.8 Å². The molecular formula is C15H22FN3OS. The van der Waals surface area contributed by atoms with Crippen molar-refractivity contribution >= 4 is 23.1 Å². The van der Waals surface area contributed by atoms with Crippen LogP contribution in [0.1, 0.15) is 25.0 Å². The predicted molar refractivity (Wildman–Crippen MR) is 86.5 cm³/mol. The Balaban J connectivity index is 2.74. The first-order valence-corrected chi connectivity index (χ1v) is 7.34. The molecule has 1 rings (SSSR count). The minimum Gasteiger partial charge on any atom is -0.389 e. The van der Waals surface area contributed by atoms with Crippen LogP contribution >= 0.6 is 12.2 Å². The number of nitrogens with zero attached hydrogens (tertiary/aromatic N) is 2. The number of benzene rings is 1. The van der Waals surface area contributed by atoms with Gasteiger partial charge in [0.05, 0.1) is 6.54 Å². The lowest BCUT2D eigenvalue weighted by molar-refractivity contribution is -0.131. The molecule has 1 amide bonds. The first kappa shape index (κ1) is 17.5. The molecule has 0 aliphatic heterocycles. The van der Waals surface area contributed by atoms with E-state index in [1.807, 2.05) is 13.8 Å². The summed E-state index contributed by atoms with van der Waals surface area (Å²) in [5, 5.41) is 0. The van der Waals surface area contributed by atoms with Crippen molar-refractivity contribution in [3.63, 3.8) is 0 Å². The SMILES string of the molecule is CCN(CC)C(=O)CN(C)Cc1cc(C(N)=S)ccc1F. The number of rotatable bonds is 7. The molecule has 0 fully saturated rings. The molecule has 2 N–H and O–H groups in total. The van der Waals surface area contributed by atoms with E-state index in [2.05, 4.69) is 0 Å². The zero-order chi connectivity index (χ0) is 16.0. The minimum absolute atomic E-state index is 0.0356. The highest BCUT2D eigenvalue weighted by molar-refractivity contribution is 7.80. The fraction of sp³-hybridized carbons (Fsp3) is 0.467. The first-order valence-electron chi connectivity index (χ1n) is 6.93. The van der Waals surface area contributed by atoms with Gasteiger partial charge in [0, 0.05) is 30.8 Å². The van der Waals surface area contributed by atoms with E-state index in [1.165, 1.54) is 6.07 Å². The molecule has 6 heteroatoms. The summed E-state index contributed by atoms with van der Waals surface area (Å²) >= 11 is 4.90. The summed E-state index contributed by atoms with van der Waals surface area (Å²) < 4.78 is 13.8. The van der Waals surface area contributed by atoms with Crippen LogP contribution in [-0.2, 0) is 11.3 Å². The van der Waals surface area contributed by atoms with E-state index in [1.54, 1.807) is 29.0 Å². The summed E-state index contributed by atoms with van der Waals surface area (Å²) in [6.07, 6.45) is 0. The van der Waals surface area contributed by atoms with Crippen LogP contribution < -0.4 is 5.73 Å². The van der Waals surface area contributed by atoms with E-state index in [0.717, 1.165) is 0 Å². The van der Waals surface area contributed by atoms with E-state index in [0.29, 0.717) is 30.8 Å². The normalized spacial score (nSPS) is 10.7. The maximum Gasteiger partial charge on any atom is 0.236 e. The lowest BCUT2D eigenvalue weighted by Crippen LogP contribution is -2.38. The zero-order valence-corrected chi connectivity index (χ0v) is 13.5. The molecule has 4 nitrogen and oxygen atoms in total. The summed E-state index contributed by atoms with van der Waals surface area (Å²) in [6, 6.07) is 4.54. The van der Waals surface area contributed by atoms with Crippen LogP contribution in [-0.4, -0.2) is 47.4 Å². The number of nitrogens with two attached hydrogens (primary N) is 1. The summed E-state index contributed by atoms with van der Waals surface area (Å²) in [4.78, 5) is 15.8. The Hall–Kier alpha value is -1.53. The third kappa shape index (κ3) is 5.06. The highest BCUT2D eigenvalue weighted by atomic mass is 32.1. The van der Waals surface area contributed by atoms with Crippen LogP contribution in [0.4, 0.5) is 4.39 Å². The van der Waals surface area contributed by atoms with Crippen LogP contribution in [0.5, 0.6) is 0 Å². The quantitative estimate of drug-likeness (QED) is 0.780. The third-order valence-corrected chi connectivity index (χ3v) is 3.53. The predicted octanol–water partition coefficient (Wildman–Crippen LogP) is 1.76. The van der Waals surface area contributed by atoms with Crippen molar-refractivity contribution in [1.29, 1.82) is 0 Å². The molecule has 0 unspecified atom stereocenters. The van der Waals surface area contributed by atoms with Gasteiger partial charge >= 0.3 is 0 Å². The molecule has 1 aromatic carbocycles. The second-order valence-electron chi connectivity index (χ2n) is 4.91. The van der Waals surface area contributed by atoms with Crippen LogP contribution in [0.15, 0.2) is 18.2 Å². The maximum absolute atomic E-state index is 13.8. The molecule has 0 aliphatic carbocycles. The smallest absolute Gasteiger partial charge is 0.236 e. The van der Waals surface area contributed by atoms with Crippen molar-refractivity contribution < 1.29 is 9.18 Å². The number of hydrogen-bond acceptors (Lipinski definition) is 3. The van der Waals surface area contributed by atoms with Gasteiger partial charge < -0.3 is 10.6 Å². The highest BCUT2D eigenvalue weighted by Crippen LogP contribution is 2.13. The number of carbonyl (C=O) groups excluding carboxylic acids is 1. The molecule has 0 spiro atoms. The minimum atomic E-state index is -0.322. The Labute approximate surface area is 130 Å². The third-order valence-electron chi connectivity index (χ3n) is 3.29. The van der Waals surface area contributed by atoms with Crippen molar-refractivity contribution in [3.05, 3.63) is 35.1 Å². The Morgan fingerprint density at radius 2 is 1.95 bits per heavy atom. The molecule has 0 aromatic heterocycles. The monoisotopic (exact) mass is 311 g/mol. The number of carbonyl (C=O) groups is 1. The van der Waals surface area contributed by atoms with E-state index in [9.17, 15) is 9.18 Å². The van der Waals surface area contributed by atoms with E-state index in [-0.39, 0.29) is 23.3 Å². The van der Waals surface area contributed by atoms with Crippen molar-refractivity contribution in [2.24, 2.45) is 5.73 Å². The van der Waals surface area contributed by atoms with Crippen LogP contribution in [0.3, 0.4) is 0 Å².